The largest absolute Gasteiger partial charge is 0.496 e. The van der Waals surface area contributed by atoms with E-state index >= 15 is 0 Å². The molecule has 0 radical (unpaired) electrons. The second-order valence-corrected chi connectivity index (χ2v) is 6.48. The van der Waals surface area contributed by atoms with Gasteiger partial charge in [0.1, 0.15) is 23.1 Å². The average molecular weight is 400 g/mol. The maximum Gasteiger partial charge on any atom is 0.259 e. The number of rotatable bonds is 6. The zero-order valence-electron chi connectivity index (χ0n) is 16.6. The lowest BCUT2D eigenvalue weighted by Crippen LogP contribution is -2.13. The molecular weight excluding hydrogens is 380 g/mol. The maximum atomic E-state index is 12.5. The van der Waals surface area contributed by atoms with Crippen LogP contribution in [0.3, 0.4) is 0 Å². The van der Waals surface area contributed by atoms with Gasteiger partial charge in [-0.15, -0.1) is 0 Å². The van der Waals surface area contributed by atoms with Crippen LogP contribution in [0.5, 0.6) is 17.4 Å². The minimum absolute atomic E-state index is 0.246. The van der Waals surface area contributed by atoms with Crippen molar-refractivity contribution in [1.29, 1.82) is 0 Å². The first-order valence-corrected chi connectivity index (χ1v) is 9.34. The summed E-state index contributed by atoms with van der Waals surface area (Å²) in [6.07, 6.45) is 3.81. The van der Waals surface area contributed by atoms with Crippen molar-refractivity contribution in [3.05, 3.63) is 90.5 Å². The quantitative estimate of drug-likeness (QED) is 0.511. The summed E-state index contributed by atoms with van der Waals surface area (Å²) in [6.45, 7) is 1.82. The van der Waals surface area contributed by atoms with Crippen molar-refractivity contribution >= 4 is 11.6 Å². The molecule has 0 saturated carbocycles. The number of aromatic nitrogens is 3. The molecule has 4 rings (SSSR count). The zero-order valence-corrected chi connectivity index (χ0v) is 16.6. The first-order chi connectivity index (χ1) is 14.6. The summed E-state index contributed by atoms with van der Waals surface area (Å²) in [6, 6.07) is 19.8. The monoisotopic (exact) mass is 400 g/mol. The van der Waals surface area contributed by atoms with Gasteiger partial charge in [-0.3, -0.25) is 4.79 Å². The van der Waals surface area contributed by atoms with Gasteiger partial charge in [-0.25, -0.2) is 4.98 Å². The highest BCUT2D eigenvalue weighted by atomic mass is 16.5. The Labute approximate surface area is 173 Å². The van der Waals surface area contributed by atoms with Gasteiger partial charge in [0.05, 0.1) is 12.7 Å². The Hall–Kier alpha value is -4.13. The minimum Gasteiger partial charge on any atom is -0.496 e. The fourth-order valence-electron chi connectivity index (χ4n) is 2.95. The molecule has 0 saturated heterocycles. The van der Waals surface area contributed by atoms with E-state index in [9.17, 15) is 4.79 Å². The fraction of sp³-hybridized carbons (Fsp3) is 0.0870. The Bertz CT molecular complexity index is 1160. The van der Waals surface area contributed by atoms with Gasteiger partial charge < -0.3 is 19.4 Å². The molecule has 0 atom stereocenters. The van der Waals surface area contributed by atoms with Crippen molar-refractivity contribution in [2.75, 3.05) is 12.4 Å². The van der Waals surface area contributed by atoms with Crippen LogP contribution in [0.2, 0.25) is 0 Å². The van der Waals surface area contributed by atoms with Crippen LogP contribution in [-0.2, 0) is 0 Å². The van der Waals surface area contributed by atoms with E-state index in [0.29, 0.717) is 34.5 Å². The summed E-state index contributed by atoms with van der Waals surface area (Å²) >= 11 is 0. The van der Waals surface area contributed by atoms with Crippen molar-refractivity contribution in [3.8, 4) is 23.2 Å². The van der Waals surface area contributed by atoms with Crippen LogP contribution in [0.15, 0.2) is 79.1 Å². The van der Waals surface area contributed by atoms with Crippen LogP contribution in [0, 0.1) is 6.92 Å². The Morgan fingerprint density at radius 2 is 1.70 bits per heavy atom. The molecule has 2 heterocycles. The van der Waals surface area contributed by atoms with Gasteiger partial charge in [0, 0.05) is 24.1 Å². The van der Waals surface area contributed by atoms with E-state index in [0.717, 1.165) is 5.82 Å². The first-order valence-electron chi connectivity index (χ1n) is 9.34. The molecular formula is C23H20N4O3. The van der Waals surface area contributed by atoms with E-state index in [1.54, 1.807) is 48.5 Å². The zero-order chi connectivity index (χ0) is 20.9. The molecule has 1 N–H and O–H groups in total. The van der Waals surface area contributed by atoms with E-state index in [2.05, 4.69) is 15.3 Å². The number of para-hydroxylation sites is 1. The first kappa shape index (κ1) is 19.2. The molecule has 0 aliphatic rings. The summed E-state index contributed by atoms with van der Waals surface area (Å²) in [5, 5.41) is 2.86. The van der Waals surface area contributed by atoms with E-state index in [4.69, 9.17) is 9.47 Å². The van der Waals surface area contributed by atoms with Crippen LogP contribution in [0.4, 0.5) is 5.69 Å². The van der Waals surface area contributed by atoms with Crippen LogP contribution in [0.25, 0.3) is 5.82 Å². The summed E-state index contributed by atoms with van der Waals surface area (Å²) in [5.74, 6) is 2.65. The van der Waals surface area contributed by atoms with Crippen LogP contribution in [-0.4, -0.2) is 27.6 Å². The van der Waals surface area contributed by atoms with Crippen molar-refractivity contribution in [1.82, 2.24) is 14.5 Å². The highest BCUT2D eigenvalue weighted by molar-refractivity contribution is 6.06. The van der Waals surface area contributed by atoms with Crippen molar-refractivity contribution in [3.63, 3.8) is 0 Å². The van der Waals surface area contributed by atoms with Crippen LogP contribution >= 0.6 is 0 Å². The Kier molecular flexibility index (Phi) is 5.43. The molecule has 0 aliphatic heterocycles. The molecule has 0 bridgehead atoms. The second kappa shape index (κ2) is 8.48. The standard InChI is InChI=1S/C23H20N4O3/c1-16-24-21(27-13-5-6-14-27)15-22(25-16)30-18-11-9-17(10-12-18)26-23(28)19-7-3-4-8-20(19)29-2/h3-15H,1-2H3,(H,26,28). The summed E-state index contributed by atoms with van der Waals surface area (Å²) in [7, 11) is 1.54. The number of benzene rings is 2. The normalized spacial score (nSPS) is 10.5. The Morgan fingerprint density at radius 1 is 0.967 bits per heavy atom. The molecule has 1 amide bonds. The van der Waals surface area contributed by atoms with Crippen molar-refractivity contribution in [2.45, 2.75) is 6.92 Å². The molecule has 2 aromatic heterocycles. The number of anilines is 1. The van der Waals surface area contributed by atoms with E-state index < -0.39 is 0 Å². The van der Waals surface area contributed by atoms with Gasteiger partial charge >= 0.3 is 0 Å². The predicted molar refractivity (Wildman–Crippen MR) is 114 cm³/mol. The third-order valence-corrected chi connectivity index (χ3v) is 4.36. The highest BCUT2D eigenvalue weighted by Crippen LogP contribution is 2.24. The highest BCUT2D eigenvalue weighted by Gasteiger charge is 2.12. The average Bonchev–Trinajstić information content (AvgIpc) is 3.30. The van der Waals surface area contributed by atoms with Gasteiger partial charge in [0.2, 0.25) is 5.88 Å². The number of ether oxygens (including phenoxy) is 2. The number of hydrogen-bond donors (Lipinski definition) is 1. The lowest BCUT2D eigenvalue weighted by atomic mass is 10.2. The number of carbonyl (C=O) groups is 1. The molecule has 7 heteroatoms. The predicted octanol–water partition coefficient (Wildman–Crippen LogP) is 4.63. The molecule has 0 unspecified atom stereocenters. The fourth-order valence-corrected chi connectivity index (χ4v) is 2.95. The van der Waals surface area contributed by atoms with Crippen LogP contribution in [0.1, 0.15) is 16.2 Å². The molecule has 7 nitrogen and oxygen atoms in total. The Morgan fingerprint density at radius 3 is 2.43 bits per heavy atom. The van der Waals surface area contributed by atoms with Gasteiger partial charge in [-0.2, -0.15) is 4.98 Å². The second-order valence-electron chi connectivity index (χ2n) is 6.48. The van der Waals surface area contributed by atoms with Crippen molar-refractivity contribution in [2.24, 2.45) is 0 Å². The summed E-state index contributed by atoms with van der Waals surface area (Å²) < 4.78 is 13.0. The van der Waals surface area contributed by atoms with Gasteiger partial charge in [0.25, 0.3) is 5.91 Å². The summed E-state index contributed by atoms with van der Waals surface area (Å²) in [4.78, 5) is 21.3. The van der Waals surface area contributed by atoms with Crippen molar-refractivity contribution < 1.29 is 14.3 Å². The number of amides is 1. The smallest absolute Gasteiger partial charge is 0.259 e. The lowest BCUT2D eigenvalue weighted by molar-refractivity contribution is 0.102. The van der Waals surface area contributed by atoms with Gasteiger partial charge in [0.15, 0.2) is 0 Å². The van der Waals surface area contributed by atoms with E-state index in [-0.39, 0.29) is 5.91 Å². The number of nitrogens with one attached hydrogen (secondary N) is 1. The topological polar surface area (TPSA) is 78.3 Å². The Balaban J connectivity index is 1.47. The van der Waals surface area contributed by atoms with E-state index in [1.165, 1.54) is 7.11 Å². The molecule has 0 fully saturated rings. The molecule has 0 aliphatic carbocycles. The number of hydrogen-bond acceptors (Lipinski definition) is 5. The van der Waals surface area contributed by atoms with E-state index in [1.807, 2.05) is 42.1 Å². The number of carbonyl (C=O) groups excluding carboxylic acids is 1. The number of methoxy groups -OCH3 is 1. The van der Waals surface area contributed by atoms with Gasteiger partial charge in [-0.05, 0) is 55.5 Å². The lowest BCUT2D eigenvalue weighted by Gasteiger charge is -2.11. The van der Waals surface area contributed by atoms with Crippen LogP contribution < -0.4 is 14.8 Å². The third kappa shape index (κ3) is 4.30. The molecule has 0 spiro atoms. The molecule has 150 valence electrons. The molecule has 30 heavy (non-hydrogen) atoms. The number of nitrogens with zero attached hydrogens (tertiary/aromatic N) is 3. The maximum absolute atomic E-state index is 12.5. The minimum atomic E-state index is -0.246. The molecule has 4 aromatic rings. The molecule has 2 aromatic carbocycles. The SMILES string of the molecule is COc1ccccc1C(=O)Nc1ccc(Oc2cc(-n3cccc3)nc(C)n2)cc1. The van der Waals surface area contributed by atoms with Gasteiger partial charge in [-0.1, -0.05) is 12.1 Å². The number of aryl methyl sites for hydroxylation is 1. The third-order valence-electron chi connectivity index (χ3n) is 4.36. The summed E-state index contributed by atoms with van der Waals surface area (Å²) in [5.41, 5.74) is 1.11.